The first-order chi connectivity index (χ1) is 7.56. The van der Waals surface area contributed by atoms with Crippen LogP contribution in [0, 0.1) is 0 Å². The summed E-state index contributed by atoms with van der Waals surface area (Å²) in [5.74, 6) is 0.373. The van der Waals surface area contributed by atoms with Crippen LogP contribution < -0.4 is 10.6 Å². The maximum absolute atomic E-state index is 11.9. The number of amides is 1. The van der Waals surface area contributed by atoms with Crippen LogP contribution in [0.25, 0.3) is 0 Å². The number of carbonyl (C=O) groups excluding carboxylic acids is 1. The summed E-state index contributed by atoms with van der Waals surface area (Å²) in [7, 11) is 1.62. The van der Waals surface area contributed by atoms with Gasteiger partial charge >= 0.3 is 0 Å². The van der Waals surface area contributed by atoms with Gasteiger partial charge in [0.1, 0.15) is 5.54 Å². The van der Waals surface area contributed by atoms with Crippen molar-refractivity contribution >= 4 is 23.5 Å². The fourth-order valence-corrected chi connectivity index (χ4v) is 1.78. The first-order valence-corrected chi connectivity index (χ1v) is 5.26. The van der Waals surface area contributed by atoms with Crippen molar-refractivity contribution in [2.75, 3.05) is 7.05 Å². The molecular weight excluding hydrogens is 226 g/mol. The number of hydrogen-bond donors (Lipinski definition) is 2. The Labute approximate surface area is 98.7 Å². The van der Waals surface area contributed by atoms with Crippen molar-refractivity contribution in [1.29, 1.82) is 0 Å². The quantitative estimate of drug-likeness (QED) is 0.773. The average Bonchev–Trinajstić information content (AvgIpc) is 2.57. The predicted octanol–water partition coefficient (Wildman–Crippen LogP) is 1.26. The molecule has 2 N–H and O–H groups in total. The average molecular weight is 238 g/mol. The van der Waals surface area contributed by atoms with Crippen LogP contribution in [0.1, 0.15) is 12.5 Å². The van der Waals surface area contributed by atoms with E-state index in [-0.39, 0.29) is 5.91 Å². The summed E-state index contributed by atoms with van der Waals surface area (Å²) in [5.41, 5.74) is 0.0763. The lowest BCUT2D eigenvalue weighted by Crippen LogP contribution is -2.40. The number of aliphatic imine (C=N–C) groups is 1. The minimum absolute atomic E-state index is 0.115. The minimum atomic E-state index is -0.778. The molecule has 1 fully saturated rings. The molecule has 0 radical (unpaired) electrons. The first kappa shape index (κ1) is 11.0. The molecular formula is C11H12ClN3O. The van der Waals surface area contributed by atoms with Crippen LogP contribution in [0.5, 0.6) is 0 Å². The standard InChI is InChI=1S/C11H12ClN3O/c1-11(7-3-5-8(12)6-4-7)9(16)14-10(13-2)15-11/h3-6H,1-2H3,(H2,13,14,15,16). The van der Waals surface area contributed by atoms with Gasteiger partial charge in [-0.3, -0.25) is 15.1 Å². The Bertz CT molecular complexity index is 455. The molecule has 0 aromatic heterocycles. The maximum Gasteiger partial charge on any atom is 0.256 e. The van der Waals surface area contributed by atoms with Crippen molar-refractivity contribution in [1.82, 2.24) is 10.6 Å². The van der Waals surface area contributed by atoms with Gasteiger partial charge in [-0.05, 0) is 24.6 Å². The van der Waals surface area contributed by atoms with Gasteiger partial charge in [0.2, 0.25) is 0 Å². The van der Waals surface area contributed by atoms with E-state index in [9.17, 15) is 4.79 Å². The largest absolute Gasteiger partial charge is 0.338 e. The summed E-state index contributed by atoms with van der Waals surface area (Å²) >= 11 is 5.81. The zero-order chi connectivity index (χ0) is 11.8. The second kappa shape index (κ2) is 3.79. The molecule has 1 saturated heterocycles. The highest BCUT2D eigenvalue weighted by atomic mass is 35.5. The Morgan fingerprint density at radius 3 is 2.44 bits per heavy atom. The van der Waals surface area contributed by atoms with Gasteiger partial charge in [-0.1, -0.05) is 23.7 Å². The molecule has 1 aliphatic rings. The molecule has 1 unspecified atom stereocenters. The highest BCUT2D eigenvalue weighted by Crippen LogP contribution is 2.25. The molecule has 2 rings (SSSR count). The smallest absolute Gasteiger partial charge is 0.256 e. The molecule has 16 heavy (non-hydrogen) atoms. The summed E-state index contributed by atoms with van der Waals surface area (Å²) < 4.78 is 0. The van der Waals surface area contributed by atoms with Crippen LogP contribution in [0.2, 0.25) is 5.02 Å². The number of nitrogens with one attached hydrogen (secondary N) is 2. The number of halogens is 1. The summed E-state index contributed by atoms with van der Waals surface area (Å²) in [5, 5.41) is 6.37. The molecule has 1 heterocycles. The number of benzene rings is 1. The fourth-order valence-electron chi connectivity index (χ4n) is 1.66. The van der Waals surface area contributed by atoms with Gasteiger partial charge in [-0.15, -0.1) is 0 Å². The van der Waals surface area contributed by atoms with E-state index in [0.717, 1.165) is 5.56 Å². The zero-order valence-electron chi connectivity index (χ0n) is 9.04. The van der Waals surface area contributed by atoms with Crippen molar-refractivity contribution in [3.8, 4) is 0 Å². The third-order valence-corrected chi connectivity index (χ3v) is 2.95. The van der Waals surface area contributed by atoms with E-state index in [2.05, 4.69) is 15.6 Å². The number of carbonyl (C=O) groups is 1. The Kier molecular flexibility index (Phi) is 2.59. The van der Waals surface area contributed by atoms with Gasteiger partial charge in [-0.2, -0.15) is 0 Å². The van der Waals surface area contributed by atoms with Crippen LogP contribution >= 0.6 is 11.6 Å². The lowest BCUT2D eigenvalue weighted by atomic mass is 9.92. The van der Waals surface area contributed by atoms with Gasteiger partial charge in [0, 0.05) is 12.1 Å². The third kappa shape index (κ3) is 1.65. The van der Waals surface area contributed by atoms with Crippen LogP contribution in [0.4, 0.5) is 0 Å². The first-order valence-electron chi connectivity index (χ1n) is 4.89. The van der Waals surface area contributed by atoms with Gasteiger partial charge in [0.15, 0.2) is 5.96 Å². The normalized spacial score (nSPS) is 26.7. The molecule has 1 amide bonds. The molecule has 4 nitrogen and oxygen atoms in total. The van der Waals surface area contributed by atoms with Crippen molar-refractivity contribution in [3.63, 3.8) is 0 Å². The molecule has 0 aliphatic carbocycles. The van der Waals surface area contributed by atoms with E-state index < -0.39 is 5.54 Å². The number of nitrogens with zero attached hydrogens (tertiary/aromatic N) is 1. The van der Waals surface area contributed by atoms with E-state index >= 15 is 0 Å². The third-order valence-electron chi connectivity index (χ3n) is 2.70. The molecule has 1 atom stereocenters. The van der Waals surface area contributed by atoms with Gasteiger partial charge < -0.3 is 5.32 Å². The summed E-state index contributed by atoms with van der Waals surface area (Å²) in [6.07, 6.45) is 0. The molecule has 0 spiro atoms. The monoisotopic (exact) mass is 237 g/mol. The number of guanidine groups is 1. The van der Waals surface area contributed by atoms with Gasteiger partial charge in [0.05, 0.1) is 0 Å². The van der Waals surface area contributed by atoms with Crippen molar-refractivity contribution in [2.24, 2.45) is 4.99 Å². The van der Waals surface area contributed by atoms with Crippen molar-refractivity contribution in [2.45, 2.75) is 12.5 Å². The number of rotatable bonds is 1. The maximum atomic E-state index is 11.9. The van der Waals surface area contributed by atoms with E-state index in [1.807, 2.05) is 19.1 Å². The van der Waals surface area contributed by atoms with Crippen molar-refractivity contribution < 1.29 is 4.79 Å². The lowest BCUT2D eigenvalue weighted by Gasteiger charge is -2.21. The lowest BCUT2D eigenvalue weighted by molar-refractivity contribution is -0.123. The fraction of sp³-hybridized carbons (Fsp3) is 0.273. The minimum Gasteiger partial charge on any atom is -0.338 e. The highest BCUT2D eigenvalue weighted by molar-refractivity contribution is 6.30. The topological polar surface area (TPSA) is 53.5 Å². The molecule has 1 aliphatic heterocycles. The van der Waals surface area contributed by atoms with E-state index in [1.54, 1.807) is 19.2 Å². The molecule has 5 heteroatoms. The highest BCUT2D eigenvalue weighted by Gasteiger charge is 2.41. The van der Waals surface area contributed by atoms with E-state index in [0.29, 0.717) is 11.0 Å². The van der Waals surface area contributed by atoms with Crippen LogP contribution in [0.3, 0.4) is 0 Å². The summed E-state index contributed by atoms with van der Waals surface area (Å²) in [4.78, 5) is 15.8. The molecule has 1 aromatic carbocycles. The van der Waals surface area contributed by atoms with Crippen LogP contribution in [-0.4, -0.2) is 18.9 Å². The SMILES string of the molecule is CN=C1NC(=O)C(C)(c2ccc(Cl)cc2)N1. The van der Waals surface area contributed by atoms with Gasteiger partial charge in [0.25, 0.3) is 5.91 Å². The molecule has 1 aromatic rings. The molecule has 0 bridgehead atoms. The Balaban J connectivity index is 2.39. The van der Waals surface area contributed by atoms with Crippen molar-refractivity contribution in [3.05, 3.63) is 34.9 Å². The van der Waals surface area contributed by atoms with E-state index in [4.69, 9.17) is 11.6 Å². The Hall–Kier alpha value is -1.55. The number of hydrogen-bond acceptors (Lipinski definition) is 2. The summed E-state index contributed by atoms with van der Waals surface area (Å²) in [6, 6.07) is 7.18. The zero-order valence-corrected chi connectivity index (χ0v) is 9.80. The van der Waals surface area contributed by atoms with E-state index in [1.165, 1.54) is 0 Å². The summed E-state index contributed by atoms with van der Waals surface area (Å²) in [6.45, 7) is 1.81. The molecule has 84 valence electrons. The van der Waals surface area contributed by atoms with Crippen LogP contribution in [-0.2, 0) is 10.3 Å². The molecule has 0 saturated carbocycles. The second-order valence-corrected chi connectivity index (χ2v) is 4.22. The Morgan fingerprint density at radius 2 is 1.94 bits per heavy atom. The van der Waals surface area contributed by atoms with Crippen LogP contribution in [0.15, 0.2) is 29.3 Å². The second-order valence-electron chi connectivity index (χ2n) is 3.78. The predicted molar refractivity (Wildman–Crippen MR) is 63.4 cm³/mol. The Morgan fingerprint density at radius 1 is 1.31 bits per heavy atom. The van der Waals surface area contributed by atoms with Gasteiger partial charge in [-0.25, -0.2) is 0 Å².